The van der Waals surface area contributed by atoms with E-state index in [1.54, 1.807) is 11.8 Å². The minimum Gasteiger partial charge on any atom is -0.491 e. The molecule has 0 N–H and O–H groups in total. The van der Waals surface area contributed by atoms with Gasteiger partial charge in [-0.05, 0) is 49.1 Å². The zero-order chi connectivity index (χ0) is 22.2. The van der Waals surface area contributed by atoms with E-state index in [1.807, 2.05) is 18.2 Å². The number of esters is 1. The quantitative estimate of drug-likeness (QED) is 0.185. The third-order valence-electron chi connectivity index (χ3n) is 5.19. The van der Waals surface area contributed by atoms with E-state index in [-0.39, 0.29) is 12.4 Å². The molecule has 0 atom stereocenters. The predicted octanol–water partition coefficient (Wildman–Crippen LogP) is 6.54. The molecule has 0 radical (unpaired) electrons. The molecule has 0 saturated heterocycles. The summed E-state index contributed by atoms with van der Waals surface area (Å²) in [6.45, 7) is 5.96. The molecule has 1 aromatic heterocycles. The summed E-state index contributed by atoms with van der Waals surface area (Å²) < 4.78 is 13.2. The van der Waals surface area contributed by atoms with Crippen molar-refractivity contribution in [3.05, 3.63) is 58.7 Å². The van der Waals surface area contributed by atoms with Crippen molar-refractivity contribution in [3.63, 3.8) is 0 Å². The lowest BCUT2D eigenvalue weighted by molar-refractivity contribution is -0.139. The second-order valence-corrected chi connectivity index (χ2v) is 8.95. The number of halogens is 1. The van der Waals surface area contributed by atoms with Crippen molar-refractivity contribution >= 4 is 40.2 Å². The minimum atomic E-state index is -0.264. The number of methoxy groups -OCH3 is 1. The maximum Gasteiger partial charge on any atom is 0.309 e. The zero-order valence-corrected chi connectivity index (χ0v) is 20.0. The van der Waals surface area contributed by atoms with Gasteiger partial charge in [0.2, 0.25) is 0 Å². The molecule has 3 rings (SSSR count). The second-order valence-electron chi connectivity index (χ2n) is 7.41. The highest BCUT2D eigenvalue weighted by atomic mass is 35.5. The molecule has 0 aliphatic rings. The van der Waals surface area contributed by atoms with E-state index >= 15 is 0 Å². The molecule has 0 unspecified atom stereocenters. The number of thioether (sulfide) groups is 1. The first kappa shape index (κ1) is 23.6. The minimum absolute atomic E-state index is 0.236. The summed E-state index contributed by atoms with van der Waals surface area (Å²) in [5.74, 6) is 1.63. The van der Waals surface area contributed by atoms with Crippen molar-refractivity contribution in [1.82, 2.24) is 4.57 Å². The van der Waals surface area contributed by atoms with Crippen molar-refractivity contribution in [1.29, 1.82) is 0 Å². The van der Waals surface area contributed by atoms with E-state index in [0.717, 1.165) is 47.8 Å². The molecule has 0 amide bonds. The van der Waals surface area contributed by atoms with Crippen molar-refractivity contribution in [2.24, 2.45) is 0 Å². The topological polar surface area (TPSA) is 40.5 Å². The Morgan fingerprint density at radius 3 is 2.74 bits per heavy atom. The lowest BCUT2D eigenvalue weighted by Crippen LogP contribution is -2.04. The molecule has 1 heterocycles. The van der Waals surface area contributed by atoms with Crippen LogP contribution in [-0.4, -0.2) is 30.0 Å². The summed E-state index contributed by atoms with van der Waals surface area (Å²) >= 11 is 8.10. The van der Waals surface area contributed by atoms with E-state index in [1.165, 1.54) is 23.6 Å². The molecule has 3 aromatic rings. The molecule has 4 nitrogen and oxygen atoms in total. The number of nitrogens with zero attached hydrogens (tertiary/aromatic N) is 1. The molecule has 2 aromatic carbocycles. The van der Waals surface area contributed by atoms with Crippen molar-refractivity contribution in [2.45, 2.75) is 51.0 Å². The largest absolute Gasteiger partial charge is 0.491 e. The highest BCUT2D eigenvalue weighted by Crippen LogP contribution is 2.33. The van der Waals surface area contributed by atoms with Crippen LogP contribution in [0.2, 0.25) is 5.02 Å². The van der Waals surface area contributed by atoms with Gasteiger partial charge in [0.1, 0.15) is 5.75 Å². The molecule has 0 aliphatic heterocycles. The first-order valence-electron chi connectivity index (χ1n) is 10.8. The van der Waals surface area contributed by atoms with Crippen LogP contribution in [0, 0.1) is 0 Å². The molecule has 0 saturated carbocycles. The smallest absolute Gasteiger partial charge is 0.309 e. The summed E-state index contributed by atoms with van der Waals surface area (Å²) in [6, 6.07) is 12.3. The van der Waals surface area contributed by atoms with Gasteiger partial charge < -0.3 is 14.0 Å². The van der Waals surface area contributed by atoms with Crippen LogP contribution in [0.15, 0.2) is 47.5 Å². The van der Waals surface area contributed by atoms with Crippen molar-refractivity contribution in [2.75, 3.05) is 19.5 Å². The van der Waals surface area contributed by atoms with E-state index in [9.17, 15) is 4.79 Å². The summed E-state index contributed by atoms with van der Waals surface area (Å²) in [5.41, 5.74) is 3.46. The summed E-state index contributed by atoms with van der Waals surface area (Å²) in [4.78, 5) is 12.4. The van der Waals surface area contributed by atoms with Crippen molar-refractivity contribution < 1.29 is 14.3 Å². The average molecular weight is 460 g/mol. The van der Waals surface area contributed by atoms with Gasteiger partial charge in [-0.25, -0.2) is 0 Å². The predicted molar refractivity (Wildman–Crippen MR) is 130 cm³/mol. The Morgan fingerprint density at radius 2 is 2.03 bits per heavy atom. The van der Waals surface area contributed by atoms with Gasteiger partial charge in [0.15, 0.2) is 0 Å². The van der Waals surface area contributed by atoms with Crippen LogP contribution in [0.3, 0.4) is 0 Å². The lowest BCUT2D eigenvalue weighted by atomic mass is 10.1. The summed E-state index contributed by atoms with van der Waals surface area (Å²) in [7, 11) is 1.39. The fraction of sp³-hybridized carbons (Fsp3) is 0.400. The standard InChI is InChI=1S/C25H30ClNO3S/c1-4-8-19-9-6-10-21-25(19)22(17-27(21)5-2)30-13-7-14-31-23-12-11-18(15-20(23)26)16-24(28)29-3/h6,9-12,15,17H,4-5,7-8,13-14,16H2,1-3H3. The van der Waals surface area contributed by atoms with Gasteiger partial charge >= 0.3 is 5.97 Å². The number of carbonyl (C=O) groups is 1. The number of hydrogen-bond acceptors (Lipinski definition) is 4. The van der Waals surface area contributed by atoms with Crippen LogP contribution in [0.25, 0.3) is 10.9 Å². The van der Waals surface area contributed by atoms with Crippen molar-refractivity contribution in [3.8, 4) is 5.75 Å². The first-order chi connectivity index (χ1) is 15.1. The molecule has 0 spiro atoms. The molecule has 0 bridgehead atoms. The van der Waals surface area contributed by atoms with Crippen LogP contribution in [0.1, 0.15) is 37.8 Å². The Bertz CT molecular complexity index is 1030. The highest BCUT2D eigenvalue weighted by molar-refractivity contribution is 7.99. The molecule has 166 valence electrons. The van der Waals surface area contributed by atoms with E-state index in [4.69, 9.17) is 21.1 Å². The van der Waals surface area contributed by atoms with Crippen LogP contribution < -0.4 is 4.74 Å². The van der Waals surface area contributed by atoms with Gasteiger partial charge in [-0.3, -0.25) is 4.79 Å². The maximum atomic E-state index is 11.4. The Hall–Kier alpha value is -2.11. The van der Waals surface area contributed by atoms with Crippen LogP contribution in [-0.2, 0) is 28.9 Å². The van der Waals surface area contributed by atoms with Gasteiger partial charge in [-0.2, -0.15) is 0 Å². The third kappa shape index (κ3) is 5.98. The molecule has 0 fully saturated rings. The Balaban J connectivity index is 1.57. The van der Waals surface area contributed by atoms with Gasteiger partial charge in [-0.15, -0.1) is 11.8 Å². The number of ether oxygens (including phenoxy) is 2. The average Bonchev–Trinajstić information content (AvgIpc) is 3.13. The van der Waals surface area contributed by atoms with E-state index in [0.29, 0.717) is 11.6 Å². The molecule has 0 aliphatic carbocycles. The Morgan fingerprint density at radius 1 is 1.19 bits per heavy atom. The highest BCUT2D eigenvalue weighted by Gasteiger charge is 2.13. The number of benzene rings is 2. The van der Waals surface area contributed by atoms with E-state index in [2.05, 4.69) is 42.8 Å². The number of fused-ring (bicyclic) bond motifs is 1. The molecule has 31 heavy (non-hydrogen) atoms. The van der Waals surface area contributed by atoms with Crippen LogP contribution in [0.5, 0.6) is 5.75 Å². The SMILES string of the molecule is CCCc1cccc2c1c(OCCCSc1ccc(CC(=O)OC)cc1Cl)cn2CC. The maximum absolute atomic E-state index is 11.4. The molecule has 6 heteroatoms. The normalized spacial score (nSPS) is 11.1. The first-order valence-corrected chi connectivity index (χ1v) is 12.1. The lowest BCUT2D eigenvalue weighted by Gasteiger charge is -2.09. The third-order valence-corrected chi connectivity index (χ3v) is 6.78. The number of carbonyl (C=O) groups excluding carboxylic acids is 1. The monoisotopic (exact) mass is 459 g/mol. The number of aryl methyl sites for hydroxylation is 2. The van der Waals surface area contributed by atoms with Gasteiger partial charge in [-0.1, -0.05) is 43.1 Å². The van der Waals surface area contributed by atoms with Crippen LogP contribution >= 0.6 is 23.4 Å². The Labute approximate surface area is 193 Å². The van der Waals surface area contributed by atoms with Gasteiger partial charge in [0.25, 0.3) is 0 Å². The van der Waals surface area contributed by atoms with Crippen LogP contribution in [0.4, 0.5) is 0 Å². The zero-order valence-electron chi connectivity index (χ0n) is 18.4. The summed E-state index contributed by atoms with van der Waals surface area (Å²) in [6.07, 6.45) is 5.46. The molecular formula is C25H30ClNO3S. The number of rotatable bonds is 11. The van der Waals surface area contributed by atoms with E-state index < -0.39 is 0 Å². The fourth-order valence-electron chi connectivity index (χ4n) is 3.67. The second kappa shape index (κ2) is 11.5. The van der Waals surface area contributed by atoms with Gasteiger partial charge in [0, 0.05) is 28.8 Å². The number of hydrogen-bond donors (Lipinski definition) is 0. The van der Waals surface area contributed by atoms with Gasteiger partial charge in [0.05, 0.1) is 30.7 Å². The molecular weight excluding hydrogens is 430 g/mol. The Kier molecular flexibility index (Phi) is 8.73. The number of aromatic nitrogens is 1. The fourth-order valence-corrected chi connectivity index (χ4v) is 4.88. The summed E-state index contributed by atoms with van der Waals surface area (Å²) in [5, 5.41) is 1.92.